The SMILES string of the molecule is CCOC(=O)N1CCC(N2CCC2C(=O)N2C[C@H](Sc3ccc(F)cc3Cl)C[C@H]2C(=O)NC2(C#N)CC2)CC1. The first-order valence-corrected chi connectivity index (χ1v) is 14.8. The van der Waals surface area contributed by atoms with Crippen molar-refractivity contribution in [1.82, 2.24) is 20.0 Å². The molecule has 1 unspecified atom stereocenters. The fourth-order valence-corrected chi connectivity index (χ4v) is 7.22. The number of nitrogens with zero attached hydrogens (tertiary/aromatic N) is 4. The molecule has 39 heavy (non-hydrogen) atoms. The topological polar surface area (TPSA) is 106 Å². The van der Waals surface area contributed by atoms with Crippen LogP contribution in [0.1, 0.15) is 45.4 Å². The first kappa shape index (κ1) is 28.0. The van der Waals surface area contributed by atoms with Gasteiger partial charge in [-0.15, -0.1) is 11.8 Å². The Kier molecular flexibility index (Phi) is 8.26. The molecule has 1 aromatic carbocycles. The number of amides is 3. The minimum atomic E-state index is -0.827. The van der Waals surface area contributed by atoms with Crippen molar-refractivity contribution in [2.24, 2.45) is 0 Å². The molecule has 0 radical (unpaired) electrons. The van der Waals surface area contributed by atoms with Gasteiger partial charge in [-0.25, -0.2) is 9.18 Å². The molecule has 3 amide bonds. The van der Waals surface area contributed by atoms with E-state index in [2.05, 4.69) is 16.3 Å². The molecule has 4 fully saturated rings. The van der Waals surface area contributed by atoms with Crippen LogP contribution in [0.3, 0.4) is 0 Å². The van der Waals surface area contributed by atoms with Crippen LogP contribution in [-0.2, 0) is 14.3 Å². The number of carbonyl (C=O) groups excluding carboxylic acids is 3. The number of benzene rings is 1. The van der Waals surface area contributed by atoms with Crippen molar-refractivity contribution in [3.63, 3.8) is 0 Å². The average Bonchev–Trinajstić information content (AvgIpc) is 3.53. The van der Waals surface area contributed by atoms with Crippen molar-refractivity contribution in [3.8, 4) is 6.07 Å². The number of thioether (sulfide) groups is 1. The molecule has 1 N–H and O–H groups in total. The maximum atomic E-state index is 13.9. The smallest absolute Gasteiger partial charge is 0.409 e. The van der Waals surface area contributed by atoms with Gasteiger partial charge in [-0.05, 0) is 63.6 Å². The zero-order valence-electron chi connectivity index (χ0n) is 21.9. The monoisotopic (exact) mass is 577 g/mol. The van der Waals surface area contributed by atoms with Gasteiger partial charge in [-0.1, -0.05) is 11.6 Å². The molecule has 3 atom stereocenters. The number of likely N-dealkylation sites (tertiary alicyclic amines) is 3. The second kappa shape index (κ2) is 11.5. The second-order valence-corrected chi connectivity index (χ2v) is 12.4. The van der Waals surface area contributed by atoms with Gasteiger partial charge in [0.1, 0.15) is 17.4 Å². The van der Waals surface area contributed by atoms with Gasteiger partial charge in [-0.3, -0.25) is 14.5 Å². The third kappa shape index (κ3) is 5.98. The lowest BCUT2D eigenvalue weighted by atomic mass is 9.93. The first-order valence-electron chi connectivity index (χ1n) is 13.6. The Morgan fingerprint density at radius 2 is 1.95 bits per heavy atom. The van der Waals surface area contributed by atoms with Crippen LogP contribution in [0.4, 0.5) is 9.18 Å². The molecule has 0 bridgehead atoms. The van der Waals surface area contributed by atoms with Crippen LogP contribution in [0.5, 0.6) is 0 Å². The van der Waals surface area contributed by atoms with Gasteiger partial charge in [0.15, 0.2) is 0 Å². The van der Waals surface area contributed by atoms with Gasteiger partial charge in [0, 0.05) is 42.4 Å². The van der Waals surface area contributed by atoms with Crippen molar-refractivity contribution in [2.45, 2.75) is 79.3 Å². The number of hydrogen-bond donors (Lipinski definition) is 1. The van der Waals surface area contributed by atoms with Crippen LogP contribution in [0.2, 0.25) is 5.02 Å². The number of rotatable bonds is 7. The Hall–Kier alpha value is -2.55. The van der Waals surface area contributed by atoms with E-state index in [1.54, 1.807) is 22.8 Å². The quantitative estimate of drug-likeness (QED) is 0.529. The average molecular weight is 578 g/mol. The summed E-state index contributed by atoms with van der Waals surface area (Å²) in [4.78, 5) is 45.6. The number of ether oxygens (including phenoxy) is 1. The summed E-state index contributed by atoms with van der Waals surface area (Å²) in [5.41, 5.74) is -0.827. The number of hydrogen-bond acceptors (Lipinski definition) is 7. The van der Waals surface area contributed by atoms with Crippen LogP contribution >= 0.6 is 23.4 Å². The van der Waals surface area contributed by atoms with Gasteiger partial charge in [0.2, 0.25) is 11.8 Å². The summed E-state index contributed by atoms with van der Waals surface area (Å²) in [6.07, 6.45) is 3.58. The Morgan fingerprint density at radius 3 is 2.54 bits per heavy atom. The van der Waals surface area contributed by atoms with E-state index in [-0.39, 0.29) is 35.2 Å². The van der Waals surface area contributed by atoms with Crippen LogP contribution in [-0.4, -0.2) is 94.3 Å². The highest BCUT2D eigenvalue weighted by atomic mass is 35.5. The van der Waals surface area contributed by atoms with Crippen LogP contribution in [0, 0.1) is 17.1 Å². The van der Waals surface area contributed by atoms with E-state index in [1.807, 2.05) is 0 Å². The van der Waals surface area contributed by atoms with Gasteiger partial charge < -0.3 is 19.9 Å². The fourth-order valence-electron chi connectivity index (χ4n) is 5.73. The van der Waals surface area contributed by atoms with Gasteiger partial charge in [-0.2, -0.15) is 5.26 Å². The van der Waals surface area contributed by atoms with Crippen molar-refractivity contribution in [1.29, 1.82) is 5.26 Å². The number of halogens is 2. The first-order chi connectivity index (χ1) is 18.7. The largest absolute Gasteiger partial charge is 0.450 e. The molecule has 0 spiro atoms. The van der Waals surface area contributed by atoms with Gasteiger partial charge in [0.05, 0.1) is 23.7 Å². The lowest BCUT2D eigenvalue weighted by molar-refractivity contribution is -0.148. The summed E-state index contributed by atoms with van der Waals surface area (Å²) < 4.78 is 18.7. The summed E-state index contributed by atoms with van der Waals surface area (Å²) in [5.74, 6) is -0.803. The molecule has 1 saturated carbocycles. The molecule has 4 aliphatic rings. The predicted octanol–water partition coefficient (Wildman–Crippen LogP) is 3.41. The van der Waals surface area contributed by atoms with Crippen LogP contribution in [0.15, 0.2) is 23.1 Å². The Balaban J connectivity index is 1.26. The van der Waals surface area contributed by atoms with E-state index in [1.165, 1.54) is 23.9 Å². The molecular weight excluding hydrogens is 545 g/mol. The minimum absolute atomic E-state index is 0.0793. The Labute approximate surface area is 236 Å². The molecule has 3 heterocycles. The van der Waals surface area contributed by atoms with E-state index >= 15 is 0 Å². The third-order valence-corrected chi connectivity index (χ3v) is 9.88. The van der Waals surface area contributed by atoms with Crippen LogP contribution in [0.25, 0.3) is 0 Å². The fraction of sp³-hybridized carbons (Fsp3) is 0.630. The van der Waals surface area contributed by atoms with Gasteiger partial charge >= 0.3 is 6.09 Å². The maximum Gasteiger partial charge on any atom is 0.409 e. The summed E-state index contributed by atoms with van der Waals surface area (Å²) >= 11 is 7.70. The second-order valence-electron chi connectivity index (χ2n) is 10.7. The molecule has 3 aliphatic heterocycles. The molecule has 1 aromatic rings. The summed E-state index contributed by atoms with van der Waals surface area (Å²) in [6.45, 7) is 4.46. The van der Waals surface area contributed by atoms with E-state index < -0.39 is 17.4 Å². The zero-order chi connectivity index (χ0) is 27.7. The highest BCUT2D eigenvalue weighted by molar-refractivity contribution is 8.00. The molecule has 9 nitrogen and oxygen atoms in total. The summed E-state index contributed by atoms with van der Waals surface area (Å²) in [7, 11) is 0. The normalized spacial score (nSPS) is 26.5. The molecule has 12 heteroatoms. The number of nitrogens with one attached hydrogen (secondary N) is 1. The molecule has 1 aliphatic carbocycles. The van der Waals surface area contributed by atoms with E-state index in [9.17, 15) is 24.0 Å². The standard InChI is InChI=1S/C27H33ClFN5O4S/c1-2-38-26(37)32-10-5-18(6-11-32)33-12-7-21(33)25(36)34-15-19(39-23-4-3-17(29)13-20(23)28)14-22(34)24(35)31-27(16-30)8-9-27/h3-4,13,18-19,21-22H,2,5-12,14-15H2,1H3,(H,31,35)/t19-,21?,22+/m1/s1. The maximum absolute atomic E-state index is 13.9. The summed E-state index contributed by atoms with van der Waals surface area (Å²) in [5, 5.41) is 12.6. The molecule has 5 rings (SSSR count). The predicted molar refractivity (Wildman–Crippen MR) is 144 cm³/mol. The van der Waals surface area contributed by atoms with E-state index in [0.29, 0.717) is 61.8 Å². The molecule has 0 aromatic heterocycles. The minimum Gasteiger partial charge on any atom is -0.450 e. The molecular formula is C27H33ClFN5O4S. The summed E-state index contributed by atoms with van der Waals surface area (Å²) in [6, 6.07) is 5.60. The molecule has 210 valence electrons. The highest BCUT2D eigenvalue weighted by Crippen LogP contribution is 2.40. The van der Waals surface area contributed by atoms with Gasteiger partial charge in [0.25, 0.3) is 0 Å². The Morgan fingerprint density at radius 1 is 1.21 bits per heavy atom. The number of piperidine rings is 1. The highest BCUT2D eigenvalue weighted by Gasteiger charge is 2.50. The number of carbonyl (C=O) groups is 3. The lowest BCUT2D eigenvalue weighted by Gasteiger charge is -2.48. The van der Waals surface area contributed by atoms with Crippen molar-refractivity contribution in [3.05, 3.63) is 29.0 Å². The van der Waals surface area contributed by atoms with Crippen LogP contribution < -0.4 is 5.32 Å². The van der Waals surface area contributed by atoms with E-state index in [0.717, 1.165) is 19.4 Å². The van der Waals surface area contributed by atoms with E-state index in [4.69, 9.17) is 16.3 Å². The van der Waals surface area contributed by atoms with Crippen molar-refractivity contribution >= 4 is 41.3 Å². The number of nitriles is 1. The van der Waals surface area contributed by atoms with Crippen molar-refractivity contribution in [2.75, 3.05) is 32.8 Å². The van der Waals surface area contributed by atoms with Crippen molar-refractivity contribution < 1.29 is 23.5 Å². The molecule has 3 saturated heterocycles. The zero-order valence-corrected chi connectivity index (χ0v) is 23.5. The lowest BCUT2D eigenvalue weighted by Crippen LogP contribution is -2.63. The Bertz CT molecular complexity index is 1170. The third-order valence-electron chi connectivity index (χ3n) is 8.17.